The lowest BCUT2D eigenvalue weighted by atomic mass is 10.2. The predicted molar refractivity (Wildman–Crippen MR) is 61.4 cm³/mol. The van der Waals surface area contributed by atoms with E-state index >= 15 is 0 Å². The number of tetrazole rings is 1. The van der Waals surface area contributed by atoms with Gasteiger partial charge in [-0.1, -0.05) is 17.7 Å². The van der Waals surface area contributed by atoms with Gasteiger partial charge in [0.1, 0.15) is 0 Å². The summed E-state index contributed by atoms with van der Waals surface area (Å²) in [5.74, 6) is 0.811. The van der Waals surface area contributed by atoms with Gasteiger partial charge in [0.15, 0.2) is 5.82 Å². The second-order valence-corrected chi connectivity index (χ2v) is 3.79. The van der Waals surface area contributed by atoms with E-state index in [1.54, 1.807) is 4.68 Å². The van der Waals surface area contributed by atoms with E-state index < -0.39 is 0 Å². The van der Waals surface area contributed by atoms with E-state index in [4.69, 9.17) is 0 Å². The van der Waals surface area contributed by atoms with Crippen LogP contribution in [0.2, 0.25) is 0 Å². The highest BCUT2D eigenvalue weighted by Crippen LogP contribution is 2.13. The molecule has 1 aromatic carbocycles. The van der Waals surface area contributed by atoms with Gasteiger partial charge in [-0.3, -0.25) is 0 Å². The number of rotatable bonds is 3. The molecule has 2 rings (SSSR count). The summed E-state index contributed by atoms with van der Waals surface area (Å²) in [5.41, 5.74) is 2.20. The Morgan fingerprint density at radius 1 is 1.25 bits per heavy atom. The van der Waals surface area contributed by atoms with Gasteiger partial charge in [0.25, 0.3) is 0 Å². The van der Waals surface area contributed by atoms with Crippen molar-refractivity contribution < 1.29 is 0 Å². The molecule has 0 saturated carbocycles. The molecule has 5 nitrogen and oxygen atoms in total. The summed E-state index contributed by atoms with van der Waals surface area (Å²) in [7, 11) is 1.89. The minimum absolute atomic E-state index is 0.122. The highest BCUT2D eigenvalue weighted by Gasteiger charge is 2.13. The quantitative estimate of drug-likeness (QED) is 0.840. The van der Waals surface area contributed by atoms with Crippen molar-refractivity contribution in [3.63, 3.8) is 0 Å². The molecular weight excluding hydrogens is 202 g/mol. The standard InChI is InChI=1S/C11H15N5/c1-8-4-6-10(7-5-8)16-11(9(2)12-3)13-14-15-16/h4-7,9,12H,1-3H3. The second kappa shape index (κ2) is 4.40. The largest absolute Gasteiger partial charge is 0.311 e. The highest BCUT2D eigenvalue weighted by atomic mass is 15.5. The zero-order valence-electron chi connectivity index (χ0n) is 9.68. The fourth-order valence-corrected chi connectivity index (χ4v) is 1.46. The van der Waals surface area contributed by atoms with Gasteiger partial charge in [0, 0.05) is 0 Å². The van der Waals surface area contributed by atoms with Crippen LogP contribution in [-0.2, 0) is 0 Å². The third-order valence-electron chi connectivity index (χ3n) is 2.59. The Balaban J connectivity index is 2.40. The van der Waals surface area contributed by atoms with Gasteiger partial charge in [0.05, 0.1) is 11.7 Å². The summed E-state index contributed by atoms with van der Waals surface area (Å²) in [6.45, 7) is 4.08. The summed E-state index contributed by atoms with van der Waals surface area (Å²) >= 11 is 0. The number of hydrogen-bond donors (Lipinski definition) is 1. The molecule has 0 radical (unpaired) electrons. The number of hydrogen-bond acceptors (Lipinski definition) is 4. The number of aryl methyl sites for hydroxylation is 1. The van der Waals surface area contributed by atoms with E-state index in [0.717, 1.165) is 11.5 Å². The summed E-state index contributed by atoms with van der Waals surface area (Å²) in [5, 5.41) is 14.9. The maximum atomic E-state index is 4.03. The molecule has 0 aliphatic rings. The fraction of sp³-hybridized carbons (Fsp3) is 0.364. The lowest BCUT2D eigenvalue weighted by molar-refractivity contribution is 0.588. The molecule has 1 aromatic heterocycles. The number of aromatic nitrogens is 4. The maximum Gasteiger partial charge on any atom is 0.173 e. The van der Waals surface area contributed by atoms with Crippen LogP contribution in [0.3, 0.4) is 0 Å². The average molecular weight is 217 g/mol. The zero-order chi connectivity index (χ0) is 11.5. The van der Waals surface area contributed by atoms with Gasteiger partial charge in [0.2, 0.25) is 0 Å². The van der Waals surface area contributed by atoms with Crippen LogP contribution in [0.5, 0.6) is 0 Å². The zero-order valence-corrected chi connectivity index (χ0v) is 9.68. The molecule has 1 atom stereocenters. The first-order valence-corrected chi connectivity index (χ1v) is 5.25. The van der Waals surface area contributed by atoms with Crippen molar-refractivity contribution in [2.45, 2.75) is 19.9 Å². The number of nitrogens with one attached hydrogen (secondary N) is 1. The van der Waals surface area contributed by atoms with Crippen molar-refractivity contribution >= 4 is 0 Å². The van der Waals surface area contributed by atoms with Crippen molar-refractivity contribution in [3.05, 3.63) is 35.7 Å². The first kappa shape index (κ1) is 10.8. The van der Waals surface area contributed by atoms with Crippen LogP contribution in [0.4, 0.5) is 0 Å². The molecule has 1 heterocycles. The average Bonchev–Trinajstić information content (AvgIpc) is 2.78. The molecule has 1 unspecified atom stereocenters. The van der Waals surface area contributed by atoms with Gasteiger partial charge in [-0.05, 0) is 43.5 Å². The lowest BCUT2D eigenvalue weighted by Gasteiger charge is -2.10. The van der Waals surface area contributed by atoms with Gasteiger partial charge < -0.3 is 5.32 Å². The Morgan fingerprint density at radius 3 is 2.56 bits per heavy atom. The number of nitrogens with zero attached hydrogens (tertiary/aromatic N) is 4. The van der Waals surface area contributed by atoms with Gasteiger partial charge in [-0.25, -0.2) is 0 Å². The smallest absolute Gasteiger partial charge is 0.173 e. The minimum Gasteiger partial charge on any atom is -0.311 e. The Kier molecular flexibility index (Phi) is 2.96. The molecule has 0 aliphatic carbocycles. The third-order valence-corrected chi connectivity index (χ3v) is 2.59. The van der Waals surface area contributed by atoms with E-state index in [2.05, 4.69) is 27.8 Å². The van der Waals surface area contributed by atoms with Gasteiger partial charge in [-0.2, -0.15) is 4.68 Å². The van der Waals surface area contributed by atoms with E-state index in [1.165, 1.54) is 5.56 Å². The molecule has 0 bridgehead atoms. The Morgan fingerprint density at radius 2 is 1.94 bits per heavy atom. The molecule has 16 heavy (non-hydrogen) atoms. The van der Waals surface area contributed by atoms with Crippen LogP contribution in [0, 0.1) is 6.92 Å². The first-order chi connectivity index (χ1) is 7.72. The molecule has 0 amide bonds. The highest BCUT2D eigenvalue weighted by molar-refractivity contribution is 5.34. The SMILES string of the molecule is CNC(C)c1nnnn1-c1ccc(C)cc1. The molecular formula is C11H15N5. The topological polar surface area (TPSA) is 55.6 Å². The summed E-state index contributed by atoms with van der Waals surface area (Å²) in [6, 6.07) is 8.24. The van der Waals surface area contributed by atoms with Crippen LogP contribution in [0.1, 0.15) is 24.4 Å². The Hall–Kier alpha value is -1.75. The molecule has 1 N–H and O–H groups in total. The van der Waals surface area contributed by atoms with Crippen LogP contribution < -0.4 is 5.32 Å². The molecule has 0 aliphatic heterocycles. The summed E-state index contributed by atoms with van der Waals surface area (Å²) in [4.78, 5) is 0. The normalized spacial score (nSPS) is 12.7. The third kappa shape index (κ3) is 1.94. The van der Waals surface area contributed by atoms with E-state index in [0.29, 0.717) is 0 Å². The molecule has 5 heteroatoms. The molecule has 0 saturated heterocycles. The number of benzene rings is 1. The van der Waals surface area contributed by atoms with Crippen molar-refractivity contribution in [1.29, 1.82) is 0 Å². The van der Waals surface area contributed by atoms with Crippen molar-refractivity contribution in [1.82, 2.24) is 25.5 Å². The predicted octanol–water partition coefficient (Wildman–Crippen LogP) is 1.25. The molecule has 0 spiro atoms. The molecule has 84 valence electrons. The Labute approximate surface area is 94.5 Å². The van der Waals surface area contributed by atoms with Crippen molar-refractivity contribution in [3.8, 4) is 5.69 Å². The fourth-order valence-electron chi connectivity index (χ4n) is 1.46. The molecule has 0 fully saturated rings. The Bertz CT molecular complexity index is 459. The maximum absolute atomic E-state index is 4.03. The minimum atomic E-state index is 0.122. The van der Waals surface area contributed by atoms with Crippen LogP contribution in [0.25, 0.3) is 5.69 Å². The second-order valence-electron chi connectivity index (χ2n) is 3.79. The van der Waals surface area contributed by atoms with Crippen molar-refractivity contribution in [2.75, 3.05) is 7.05 Å². The summed E-state index contributed by atoms with van der Waals surface area (Å²) < 4.78 is 1.75. The lowest BCUT2D eigenvalue weighted by Crippen LogP contribution is -2.17. The van der Waals surface area contributed by atoms with Gasteiger partial charge >= 0.3 is 0 Å². The van der Waals surface area contributed by atoms with Crippen LogP contribution >= 0.6 is 0 Å². The van der Waals surface area contributed by atoms with Crippen LogP contribution in [0.15, 0.2) is 24.3 Å². The van der Waals surface area contributed by atoms with Crippen molar-refractivity contribution in [2.24, 2.45) is 0 Å². The monoisotopic (exact) mass is 217 g/mol. The van der Waals surface area contributed by atoms with Crippen LogP contribution in [-0.4, -0.2) is 27.3 Å². The first-order valence-electron chi connectivity index (χ1n) is 5.25. The van der Waals surface area contributed by atoms with E-state index in [1.807, 2.05) is 38.2 Å². The van der Waals surface area contributed by atoms with Gasteiger partial charge in [-0.15, -0.1) is 5.10 Å². The van der Waals surface area contributed by atoms with E-state index in [-0.39, 0.29) is 6.04 Å². The molecule has 2 aromatic rings. The van der Waals surface area contributed by atoms with E-state index in [9.17, 15) is 0 Å². The summed E-state index contributed by atoms with van der Waals surface area (Å²) in [6.07, 6.45) is 0.